The molecule has 386 valence electrons. The lowest BCUT2D eigenvalue weighted by molar-refractivity contribution is -0.143. The average molecular weight is 919 g/mol. The first-order chi connectivity index (χ1) is 32.0. The highest BCUT2D eigenvalue weighted by atomic mass is 16.5. The molecule has 0 radical (unpaired) electrons. The van der Waals surface area contributed by atoms with Crippen LogP contribution in [-0.2, 0) is 14.3 Å². The quantitative estimate of drug-likeness (QED) is 0.0321. The monoisotopic (exact) mass is 918 g/mol. The van der Waals surface area contributed by atoms with Crippen LogP contribution in [-0.4, -0.2) is 47.4 Å². The number of hydrogen-bond donors (Lipinski definition) is 3. The zero-order valence-electron chi connectivity index (χ0n) is 44.0. The molecule has 6 heteroatoms. The summed E-state index contributed by atoms with van der Waals surface area (Å²) in [5, 5.41) is 23.2. The topological polar surface area (TPSA) is 95.9 Å². The van der Waals surface area contributed by atoms with E-state index in [2.05, 4.69) is 19.2 Å². The average Bonchev–Trinajstić information content (AvgIpc) is 3.31. The number of aliphatic hydroxyl groups is 2. The van der Waals surface area contributed by atoms with Gasteiger partial charge in [-0.2, -0.15) is 0 Å². The fourth-order valence-electron chi connectivity index (χ4n) is 9.28. The standard InChI is InChI=1S/C59H115NO5/c1-3-5-7-9-11-13-15-17-18-19-20-21-22-23-24-25-26-27-28-31-35-39-43-47-51-57(62)56(55-61)60-58(63)52-48-44-40-36-32-29-30-34-38-42-46-50-54-65-59(64)53-49-45-41-37-33-16-14-12-10-8-6-4-2/h47,51,56-57,61-62H,3-46,48-50,52-55H2,1-2H3,(H,60,63)/b51-47+. The van der Waals surface area contributed by atoms with E-state index >= 15 is 0 Å². The fourth-order valence-corrected chi connectivity index (χ4v) is 9.28. The lowest BCUT2D eigenvalue weighted by Gasteiger charge is -2.20. The Bertz CT molecular complexity index is 970. The summed E-state index contributed by atoms with van der Waals surface area (Å²) in [6, 6.07) is -0.639. The number of carbonyl (C=O) groups excluding carboxylic acids is 2. The number of unbranched alkanes of at least 4 members (excludes halogenated alkanes) is 44. The van der Waals surface area contributed by atoms with Crippen molar-refractivity contribution in [2.75, 3.05) is 13.2 Å². The van der Waals surface area contributed by atoms with Crippen LogP contribution in [0.2, 0.25) is 0 Å². The number of hydrogen-bond acceptors (Lipinski definition) is 5. The van der Waals surface area contributed by atoms with Crippen molar-refractivity contribution in [3.8, 4) is 0 Å². The maximum atomic E-state index is 12.5. The van der Waals surface area contributed by atoms with E-state index in [1.54, 1.807) is 6.08 Å². The van der Waals surface area contributed by atoms with Gasteiger partial charge in [0, 0.05) is 12.8 Å². The molecule has 3 N–H and O–H groups in total. The van der Waals surface area contributed by atoms with Crippen LogP contribution in [0.15, 0.2) is 12.2 Å². The van der Waals surface area contributed by atoms with Crippen molar-refractivity contribution in [1.82, 2.24) is 5.32 Å². The van der Waals surface area contributed by atoms with Gasteiger partial charge in [0.2, 0.25) is 5.91 Å². The lowest BCUT2D eigenvalue weighted by atomic mass is 10.0. The number of allylic oxidation sites excluding steroid dienone is 1. The second-order valence-electron chi connectivity index (χ2n) is 20.3. The largest absolute Gasteiger partial charge is 0.466 e. The van der Waals surface area contributed by atoms with Crippen LogP contribution < -0.4 is 5.32 Å². The molecule has 0 rings (SSSR count). The molecule has 0 saturated heterocycles. The molecule has 0 aliphatic rings. The number of esters is 1. The van der Waals surface area contributed by atoms with Gasteiger partial charge < -0.3 is 20.3 Å². The Morgan fingerprint density at radius 2 is 0.708 bits per heavy atom. The van der Waals surface area contributed by atoms with Gasteiger partial charge in [-0.15, -0.1) is 0 Å². The van der Waals surface area contributed by atoms with Crippen LogP contribution >= 0.6 is 0 Å². The van der Waals surface area contributed by atoms with Gasteiger partial charge in [0.1, 0.15) is 0 Å². The van der Waals surface area contributed by atoms with Crippen molar-refractivity contribution in [2.24, 2.45) is 0 Å². The minimum absolute atomic E-state index is 0.00913. The molecule has 0 heterocycles. The Balaban J connectivity index is 3.48. The van der Waals surface area contributed by atoms with E-state index < -0.39 is 12.1 Å². The molecule has 0 saturated carbocycles. The van der Waals surface area contributed by atoms with Crippen LogP contribution in [0.3, 0.4) is 0 Å². The summed E-state index contributed by atoms with van der Waals surface area (Å²) >= 11 is 0. The maximum absolute atomic E-state index is 12.5. The molecule has 0 aromatic heterocycles. The Kier molecular flexibility index (Phi) is 54.0. The van der Waals surface area contributed by atoms with E-state index in [1.807, 2.05) is 6.08 Å². The van der Waals surface area contributed by atoms with Crippen LogP contribution in [0.4, 0.5) is 0 Å². The highest BCUT2D eigenvalue weighted by molar-refractivity contribution is 5.76. The molecular weight excluding hydrogens is 803 g/mol. The van der Waals surface area contributed by atoms with Gasteiger partial charge in [-0.05, 0) is 32.1 Å². The SMILES string of the molecule is CCCCCCCCCCCCCCCCCCCCCCCC/C=C/C(O)C(CO)NC(=O)CCCCCCCCCCCCCCOC(=O)CCCCCCCCCCCCCC. The number of rotatable bonds is 55. The van der Waals surface area contributed by atoms with Crippen molar-refractivity contribution in [1.29, 1.82) is 0 Å². The van der Waals surface area contributed by atoms with Gasteiger partial charge in [-0.1, -0.05) is 296 Å². The smallest absolute Gasteiger partial charge is 0.305 e. The number of amides is 1. The number of nitrogens with one attached hydrogen (secondary N) is 1. The zero-order chi connectivity index (χ0) is 47.2. The van der Waals surface area contributed by atoms with E-state index in [4.69, 9.17) is 4.74 Å². The van der Waals surface area contributed by atoms with Gasteiger partial charge in [0.05, 0.1) is 25.4 Å². The first kappa shape index (κ1) is 63.6. The van der Waals surface area contributed by atoms with Gasteiger partial charge in [-0.3, -0.25) is 9.59 Å². The molecule has 65 heavy (non-hydrogen) atoms. The molecule has 0 bridgehead atoms. The molecule has 0 aliphatic carbocycles. The van der Waals surface area contributed by atoms with Crippen LogP contribution in [0.1, 0.15) is 328 Å². The molecular formula is C59H115NO5. The summed E-state index contributed by atoms with van der Waals surface area (Å²) in [7, 11) is 0. The van der Waals surface area contributed by atoms with Crippen molar-refractivity contribution in [2.45, 2.75) is 341 Å². The van der Waals surface area contributed by atoms with Crippen molar-refractivity contribution in [3.05, 3.63) is 12.2 Å². The van der Waals surface area contributed by atoms with Gasteiger partial charge >= 0.3 is 5.97 Å². The Labute approximate surface area is 406 Å². The summed E-state index contributed by atoms with van der Waals surface area (Å²) in [5.74, 6) is -0.0887. The second kappa shape index (κ2) is 55.2. The third kappa shape index (κ3) is 51.8. The lowest BCUT2D eigenvalue weighted by Crippen LogP contribution is -2.45. The van der Waals surface area contributed by atoms with Crippen molar-refractivity contribution < 1.29 is 24.5 Å². The Morgan fingerprint density at radius 1 is 0.415 bits per heavy atom. The predicted molar refractivity (Wildman–Crippen MR) is 283 cm³/mol. The summed E-state index contributed by atoms with van der Waals surface area (Å²) < 4.78 is 5.46. The van der Waals surface area contributed by atoms with E-state index in [1.165, 1.54) is 244 Å². The van der Waals surface area contributed by atoms with Crippen LogP contribution in [0, 0.1) is 0 Å². The summed E-state index contributed by atoms with van der Waals surface area (Å²) in [4.78, 5) is 24.5. The van der Waals surface area contributed by atoms with E-state index in [0.717, 1.165) is 57.8 Å². The molecule has 2 atom stereocenters. The summed E-state index contributed by atoms with van der Waals surface area (Å²) in [6.45, 7) is 4.89. The zero-order valence-corrected chi connectivity index (χ0v) is 44.0. The molecule has 0 aromatic rings. The first-order valence-electron chi connectivity index (χ1n) is 29.5. The van der Waals surface area contributed by atoms with E-state index in [0.29, 0.717) is 19.4 Å². The molecule has 0 aliphatic heterocycles. The normalized spacial score (nSPS) is 12.6. The highest BCUT2D eigenvalue weighted by Crippen LogP contribution is 2.18. The first-order valence-corrected chi connectivity index (χ1v) is 29.5. The molecule has 0 fully saturated rings. The highest BCUT2D eigenvalue weighted by Gasteiger charge is 2.18. The third-order valence-electron chi connectivity index (χ3n) is 13.8. The molecule has 0 aromatic carbocycles. The van der Waals surface area contributed by atoms with Gasteiger partial charge in [-0.25, -0.2) is 0 Å². The molecule has 6 nitrogen and oxygen atoms in total. The molecule has 2 unspecified atom stereocenters. The van der Waals surface area contributed by atoms with Gasteiger partial charge in [0.15, 0.2) is 0 Å². The Hall–Kier alpha value is -1.40. The second-order valence-corrected chi connectivity index (χ2v) is 20.3. The Morgan fingerprint density at radius 3 is 1.05 bits per heavy atom. The van der Waals surface area contributed by atoms with E-state index in [-0.39, 0.29) is 18.5 Å². The number of ether oxygens (including phenoxy) is 1. The fraction of sp³-hybridized carbons (Fsp3) is 0.932. The van der Waals surface area contributed by atoms with E-state index in [9.17, 15) is 19.8 Å². The number of aliphatic hydroxyl groups excluding tert-OH is 2. The van der Waals surface area contributed by atoms with Crippen molar-refractivity contribution in [3.63, 3.8) is 0 Å². The number of carbonyl (C=O) groups is 2. The van der Waals surface area contributed by atoms with Crippen LogP contribution in [0.5, 0.6) is 0 Å². The summed E-state index contributed by atoms with van der Waals surface area (Å²) in [6.07, 6.45) is 65.2. The molecule has 0 spiro atoms. The van der Waals surface area contributed by atoms with Crippen molar-refractivity contribution >= 4 is 11.9 Å². The van der Waals surface area contributed by atoms with Crippen LogP contribution in [0.25, 0.3) is 0 Å². The maximum Gasteiger partial charge on any atom is 0.305 e. The predicted octanol–water partition coefficient (Wildman–Crippen LogP) is 18.1. The molecule has 1 amide bonds. The summed E-state index contributed by atoms with van der Waals surface area (Å²) in [5.41, 5.74) is 0. The minimum Gasteiger partial charge on any atom is -0.466 e. The third-order valence-corrected chi connectivity index (χ3v) is 13.8. The van der Waals surface area contributed by atoms with Gasteiger partial charge in [0.25, 0.3) is 0 Å². The minimum atomic E-state index is -0.855.